The molecule has 1 aliphatic rings. The van der Waals surface area contributed by atoms with Crippen molar-refractivity contribution in [3.8, 4) is 17.1 Å². The summed E-state index contributed by atoms with van der Waals surface area (Å²) in [5.74, 6) is 0.968. The number of benzene rings is 1. The van der Waals surface area contributed by atoms with Crippen molar-refractivity contribution in [1.29, 1.82) is 0 Å². The first-order valence-electron chi connectivity index (χ1n) is 9.97. The zero-order chi connectivity index (χ0) is 19.8. The second kappa shape index (κ2) is 4.79. The van der Waals surface area contributed by atoms with Gasteiger partial charge in [0.05, 0.1) is 22.7 Å². The molecule has 1 aromatic carbocycles. The molecule has 5 heteroatoms. The molecule has 0 bridgehead atoms. The van der Waals surface area contributed by atoms with E-state index in [2.05, 4.69) is 14.5 Å². The Morgan fingerprint density at radius 3 is 2.77 bits per heavy atom. The van der Waals surface area contributed by atoms with E-state index in [1.807, 2.05) is 53.2 Å². The minimum atomic E-state index is -2.34. The Morgan fingerprint density at radius 1 is 1.04 bits per heavy atom. The van der Waals surface area contributed by atoms with E-state index in [1.54, 1.807) is 18.6 Å². The average molecular weight is 341 g/mol. The van der Waals surface area contributed by atoms with Gasteiger partial charge in [0.25, 0.3) is 11.5 Å². The largest absolute Gasteiger partial charge is 0.306 e. The molecule has 0 atom stereocenters. The number of hydrogen-bond donors (Lipinski definition) is 0. The molecule has 0 saturated heterocycles. The summed E-state index contributed by atoms with van der Waals surface area (Å²) < 4.78 is 30.4. The van der Waals surface area contributed by atoms with Crippen LogP contribution in [0.5, 0.6) is 0 Å². The van der Waals surface area contributed by atoms with Gasteiger partial charge in [0, 0.05) is 35.2 Å². The number of hydrogen-bond acceptors (Lipinski definition) is 2. The molecule has 6 rings (SSSR count). The standard InChI is InChI=1S/C21H16N5/c1-24-18-12-23-10-8-17(18)19-21(24)26(15-5-3-2-4-6-15)20-16-7-9-22-11-14(16)13-25(19)20/h2-12H,13H2,1H3/q+1/i1D3. The molecule has 5 heterocycles. The van der Waals surface area contributed by atoms with E-state index < -0.39 is 6.98 Å². The summed E-state index contributed by atoms with van der Waals surface area (Å²) in [5.41, 5.74) is 5.26. The molecule has 5 nitrogen and oxygen atoms in total. The molecule has 4 aromatic heterocycles. The SMILES string of the molecule is [2H]C([2H])([2H])n1c2cnccc2c2c1n(-c1ccccc1)c1[n+]2Cc2cnccc2-1. The number of pyridine rings is 2. The molecular weight excluding hydrogens is 322 g/mol. The summed E-state index contributed by atoms with van der Waals surface area (Å²) in [5, 5.41) is 0.878. The fourth-order valence-corrected chi connectivity index (χ4v) is 4.09. The van der Waals surface area contributed by atoms with E-state index >= 15 is 0 Å². The zero-order valence-electron chi connectivity index (χ0n) is 16.8. The summed E-state index contributed by atoms with van der Waals surface area (Å²) in [6.45, 7) is -1.69. The highest BCUT2D eigenvalue weighted by atomic mass is 15.3. The Labute approximate surface area is 154 Å². The molecule has 0 aliphatic carbocycles. The van der Waals surface area contributed by atoms with Crippen molar-refractivity contribution >= 4 is 22.1 Å². The normalized spacial score (nSPS) is 14.8. The lowest BCUT2D eigenvalue weighted by Crippen LogP contribution is -2.31. The van der Waals surface area contributed by atoms with Gasteiger partial charge in [-0.05, 0) is 24.3 Å². The van der Waals surface area contributed by atoms with Gasteiger partial charge in [0.1, 0.15) is 12.2 Å². The van der Waals surface area contributed by atoms with Gasteiger partial charge in [-0.2, -0.15) is 4.57 Å². The van der Waals surface area contributed by atoms with Crippen LogP contribution in [0.15, 0.2) is 67.3 Å². The predicted octanol–water partition coefficient (Wildman–Crippen LogP) is 3.23. The van der Waals surface area contributed by atoms with Gasteiger partial charge in [0.15, 0.2) is 0 Å². The van der Waals surface area contributed by atoms with Crippen molar-refractivity contribution in [1.82, 2.24) is 19.1 Å². The Kier molecular flexibility index (Phi) is 2.06. The summed E-state index contributed by atoms with van der Waals surface area (Å²) >= 11 is 0. The number of aromatic nitrogens is 5. The average Bonchev–Trinajstić information content (AvgIpc) is 3.34. The highest BCUT2D eigenvalue weighted by Gasteiger charge is 2.37. The molecule has 5 aromatic rings. The van der Waals surface area contributed by atoms with Crippen LogP contribution in [0.4, 0.5) is 0 Å². The Hall–Kier alpha value is -3.47. The minimum absolute atomic E-state index is 0.603. The van der Waals surface area contributed by atoms with Crippen LogP contribution in [0.3, 0.4) is 0 Å². The molecule has 0 amide bonds. The first-order chi connectivity index (χ1) is 14.1. The van der Waals surface area contributed by atoms with Crippen molar-refractivity contribution in [2.24, 2.45) is 6.98 Å². The van der Waals surface area contributed by atoms with Crippen LogP contribution >= 0.6 is 0 Å². The summed E-state index contributed by atoms with van der Waals surface area (Å²) in [7, 11) is 0. The van der Waals surface area contributed by atoms with Crippen LogP contribution in [-0.4, -0.2) is 19.1 Å². The van der Waals surface area contributed by atoms with Crippen LogP contribution < -0.4 is 4.57 Å². The van der Waals surface area contributed by atoms with E-state index in [0.717, 1.165) is 33.5 Å². The highest BCUT2D eigenvalue weighted by molar-refractivity contribution is 6.04. The van der Waals surface area contributed by atoms with Crippen LogP contribution in [0.25, 0.3) is 39.1 Å². The number of imidazole rings is 1. The smallest absolute Gasteiger partial charge is 0.297 e. The topological polar surface area (TPSA) is 39.5 Å². The lowest BCUT2D eigenvalue weighted by Gasteiger charge is -2.03. The molecule has 0 fully saturated rings. The first-order valence-corrected chi connectivity index (χ1v) is 8.47. The van der Waals surface area contributed by atoms with Crippen LogP contribution in [0.1, 0.15) is 9.68 Å². The molecule has 1 aliphatic heterocycles. The van der Waals surface area contributed by atoms with Crippen molar-refractivity contribution in [2.45, 2.75) is 6.54 Å². The van der Waals surface area contributed by atoms with Crippen LogP contribution in [0, 0.1) is 0 Å². The van der Waals surface area contributed by atoms with E-state index in [0.29, 0.717) is 17.7 Å². The van der Waals surface area contributed by atoms with Crippen molar-refractivity contribution < 1.29 is 8.68 Å². The number of fused-ring (bicyclic) bond motifs is 7. The second-order valence-corrected chi connectivity index (χ2v) is 6.51. The summed E-state index contributed by atoms with van der Waals surface area (Å²) in [6, 6.07) is 13.8. The van der Waals surface area contributed by atoms with E-state index in [9.17, 15) is 0 Å². The Balaban J connectivity index is 1.89. The van der Waals surface area contributed by atoms with Crippen molar-refractivity contribution in [2.75, 3.05) is 0 Å². The molecule has 0 spiro atoms. The van der Waals surface area contributed by atoms with Crippen LogP contribution in [0.2, 0.25) is 0 Å². The van der Waals surface area contributed by atoms with Crippen LogP contribution in [-0.2, 0) is 13.5 Å². The molecule has 0 unspecified atom stereocenters. The summed E-state index contributed by atoms with van der Waals surface area (Å²) in [6.07, 6.45) is 7.01. The van der Waals surface area contributed by atoms with E-state index in [1.165, 1.54) is 4.57 Å². The number of rotatable bonds is 1. The maximum absolute atomic E-state index is 8.25. The number of nitrogens with zero attached hydrogens (tertiary/aromatic N) is 5. The Bertz CT molecular complexity index is 1410. The van der Waals surface area contributed by atoms with Gasteiger partial charge in [0.2, 0.25) is 5.52 Å². The molecule has 0 N–H and O–H groups in total. The lowest BCUT2D eigenvalue weighted by molar-refractivity contribution is -0.645. The molecular formula is C21H16N5+. The predicted molar refractivity (Wildman–Crippen MR) is 100 cm³/mol. The van der Waals surface area contributed by atoms with Crippen molar-refractivity contribution in [3.63, 3.8) is 0 Å². The van der Waals surface area contributed by atoms with Gasteiger partial charge in [-0.25, -0.2) is 4.57 Å². The third-order valence-electron chi connectivity index (χ3n) is 5.16. The fraction of sp³-hybridized carbons (Fsp3) is 0.0952. The van der Waals surface area contributed by atoms with Gasteiger partial charge < -0.3 is 4.57 Å². The monoisotopic (exact) mass is 341 g/mol. The minimum Gasteiger partial charge on any atom is -0.306 e. The quantitative estimate of drug-likeness (QED) is 0.431. The molecule has 26 heavy (non-hydrogen) atoms. The van der Waals surface area contributed by atoms with Crippen molar-refractivity contribution in [3.05, 3.63) is 72.8 Å². The highest BCUT2D eigenvalue weighted by Crippen LogP contribution is 2.36. The zero-order valence-corrected chi connectivity index (χ0v) is 13.8. The third-order valence-corrected chi connectivity index (χ3v) is 5.16. The molecule has 0 radical (unpaired) electrons. The fourth-order valence-electron chi connectivity index (χ4n) is 4.09. The third kappa shape index (κ3) is 1.57. The maximum Gasteiger partial charge on any atom is 0.297 e. The van der Waals surface area contributed by atoms with Gasteiger partial charge >= 0.3 is 0 Å². The Morgan fingerprint density at radius 2 is 1.88 bits per heavy atom. The first kappa shape index (κ1) is 11.2. The maximum atomic E-state index is 8.25. The van der Waals surface area contributed by atoms with Gasteiger partial charge in [-0.1, -0.05) is 18.2 Å². The summed E-state index contributed by atoms with van der Waals surface area (Å²) in [4.78, 5) is 8.48. The van der Waals surface area contributed by atoms with E-state index in [-0.39, 0.29) is 0 Å². The molecule has 0 saturated carbocycles. The number of para-hydroxylation sites is 1. The molecule has 124 valence electrons. The van der Waals surface area contributed by atoms with Gasteiger partial charge in [-0.3, -0.25) is 9.97 Å². The van der Waals surface area contributed by atoms with Gasteiger partial charge in [-0.15, -0.1) is 0 Å². The second-order valence-electron chi connectivity index (χ2n) is 6.51. The number of aryl methyl sites for hydroxylation is 1. The lowest BCUT2D eigenvalue weighted by atomic mass is 10.1. The van der Waals surface area contributed by atoms with E-state index in [4.69, 9.17) is 4.11 Å².